The number of amides is 1. The van der Waals surface area contributed by atoms with Crippen molar-refractivity contribution in [2.24, 2.45) is 0 Å². The molecule has 0 fully saturated rings. The highest BCUT2D eigenvalue weighted by Gasteiger charge is 2.08. The molecule has 1 amide bonds. The first-order chi connectivity index (χ1) is 9.04. The lowest BCUT2D eigenvalue weighted by Gasteiger charge is -2.11. The highest BCUT2D eigenvalue weighted by atomic mass is 79.9. The van der Waals surface area contributed by atoms with Gasteiger partial charge in [-0.3, -0.25) is 4.79 Å². The van der Waals surface area contributed by atoms with Crippen LogP contribution in [0.15, 0.2) is 16.6 Å². The quantitative estimate of drug-likeness (QED) is 0.535. The molecule has 1 aromatic rings. The zero-order valence-corrected chi connectivity index (χ0v) is 15.1. The van der Waals surface area contributed by atoms with E-state index in [2.05, 4.69) is 28.2 Å². The summed E-state index contributed by atoms with van der Waals surface area (Å²) in [5.41, 5.74) is 8.24. The number of hydrogen-bond acceptors (Lipinski definition) is 3. The lowest BCUT2D eigenvalue weighted by molar-refractivity contribution is -0.115. The van der Waals surface area contributed by atoms with Crippen molar-refractivity contribution in [1.82, 2.24) is 0 Å². The average molecular weight is 382 g/mol. The van der Waals surface area contributed by atoms with E-state index in [1.54, 1.807) is 0 Å². The van der Waals surface area contributed by atoms with Crippen LogP contribution in [0.5, 0.6) is 0 Å². The fourth-order valence-corrected chi connectivity index (χ4v) is 3.18. The minimum absolute atomic E-state index is 0. The molecule has 0 bridgehead atoms. The van der Waals surface area contributed by atoms with Gasteiger partial charge in [-0.15, -0.1) is 12.4 Å². The van der Waals surface area contributed by atoms with E-state index >= 15 is 0 Å². The van der Waals surface area contributed by atoms with Gasteiger partial charge < -0.3 is 11.1 Å². The van der Waals surface area contributed by atoms with Crippen LogP contribution in [0.4, 0.5) is 11.4 Å². The molecule has 0 aromatic heterocycles. The van der Waals surface area contributed by atoms with Crippen molar-refractivity contribution >= 4 is 57.4 Å². The Kier molecular flexibility index (Phi) is 10.2. The van der Waals surface area contributed by atoms with Gasteiger partial charge in [0.1, 0.15) is 0 Å². The fourth-order valence-electron chi connectivity index (χ4n) is 1.58. The first-order valence-corrected chi connectivity index (χ1v) is 8.42. The Morgan fingerprint density at radius 3 is 2.75 bits per heavy atom. The second-order valence-electron chi connectivity index (χ2n) is 4.45. The molecule has 3 N–H and O–H groups in total. The summed E-state index contributed by atoms with van der Waals surface area (Å²) in [5, 5.41) is 2.88. The third-order valence-corrected chi connectivity index (χ3v) is 4.27. The van der Waals surface area contributed by atoms with E-state index < -0.39 is 0 Å². The maximum Gasteiger partial charge on any atom is 0.225 e. The number of rotatable bonds is 7. The number of anilines is 2. The Labute approximate surface area is 140 Å². The average Bonchev–Trinajstić information content (AvgIpc) is 2.35. The molecule has 6 heteroatoms. The first kappa shape index (κ1) is 19.6. The van der Waals surface area contributed by atoms with E-state index in [4.69, 9.17) is 5.73 Å². The molecule has 0 atom stereocenters. The Hall–Kier alpha value is -0.390. The number of unbranched alkanes of at least 4 members (excludes halogenated alkanes) is 1. The van der Waals surface area contributed by atoms with Gasteiger partial charge in [0.15, 0.2) is 0 Å². The van der Waals surface area contributed by atoms with Gasteiger partial charge in [0.05, 0.1) is 11.4 Å². The SMILES string of the molecule is CCCCSCCC(=O)Nc1cc(Br)cc(C)c1N.Cl. The summed E-state index contributed by atoms with van der Waals surface area (Å²) >= 11 is 5.23. The van der Waals surface area contributed by atoms with Crippen LogP contribution < -0.4 is 11.1 Å². The number of hydrogen-bond donors (Lipinski definition) is 2. The van der Waals surface area contributed by atoms with Crippen molar-refractivity contribution < 1.29 is 4.79 Å². The van der Waals surface area contributed by atoms with Gasteiger partial charge in [0.25, 0.3) is 0 Å². The van der Waals surface area contributed by atoms with Crippen molar-refractivity contribution in [3.8, 4) is 0 Å². The monoisotopic (exact) mass is 380 g/mol. The molecule has 1 aromatic carbocycles. The third-order valence-electron chi connectivity index (χ3n) is 2.74. The number of aryl methyl sites for hydroxylation is 1. The van der Waals surface area contributed by atoms with Crippen LogP contribution in [-0.4, -0.2) is 17.4 Å². The molecule has 0 spiro atoms. The van der Waals surface area contributed by atoms with Gasteiger partial charge in [-0.2, -0.15) is 11.8 Å². The molecule has 114 valence electrons. The van der Waals surface area contributed by atoms with Gasteiger partial charge >= 0.3 is 0 Å². The lowest BCUT2D eigenvalue weighted by atomic mass is 10.1. The molecule has 0 radical (unpaired) electrons. The maximum absolute atomic E-state index is 11.8. The highest BCUT2D eigenvalue weighted by Crippen LogP contribution is 2.27. The van der Waals surface area contributed by atoms with Crippen molar-refractivity contribution in [1.29, 1.82) is 0 Å². The Morgan fingerprint density at radius 1 is 1.40 bits per heavy atom. The summed E-state index contributed by atoms with van der Waals surface area (Å²) in [5.74, 6) is 2.01. The predicted molar refractivity (Wildman–Crippen MR) is 96.0 cm³/mol. The molecule has 0 aliphatic rings. The number of nitrogen functional groups attached to an aromatic ring is 1. The molecule has 0 unspecified atom stereocenters. The second-order valence-corrected chi connectivity index (χ2v) is 6.59. The van der Waals surface area contributed by atoms with E-state index in [-0.39, 0.29) is 18.3 Å². The molecule has 0 heterocycles. The van der Waals surface area contributed by atoms with Crippen LogP contribution >= 0.6 is 40.1 Å². The minimum atomic E-state index is 0. The van der Waals surface area contributed by atoms with Crippen molar-refractivity contribution in [3.63, 3.8) is 0 Å². The van der Waals surface area contributed by atoms with Gasteiger partial charge in [0.2, 0.25) is 5.91 Å². The Morgan fingerprint density at radius 2 is 2.10 bits per heavy atom. The third kappa shape index (κ3) is 6.86. The maximum atomic E-state index is 11.8. The molecule has 0 aliphatic heterocycles. The van der Waals surface area contributed by atoms with Crippen LogP contribution in [0.2, 0.25) is 0 Å². The van der Waals surface area contributed by atoms with Gasteiger partial charge in [0, 0.05) is 16.6 Å². The van der Waals surface area contributed by atoms with E-state index in [1.807, 2.05) is 30.8 Å². The molecule has 0 aliphatic carbocycles. The van der Waals surface area contributed by atoms with E-state index in [9.17, 15) is 4.79 Å². The number of nitrogens with two attached hydrogens (primary N) is 1. The zero-order chi connectivity index (χ0) is 14.3. The van der Waals surface area contributed by atoms with Crippen LogP contribution in [0.3, 0.4) is 0 Å². The number of carbonyl (C=O) groups excluding carboxylic acids is 1. The van der Waals surface area contributed by atoms with Crippen LogP contribution in [0, 0.1) is 6.92 Å². The molecule has 1 rings (SSSR count). The Balaban J connectivity index is 0.00000361. The molecule has 0 saturated carbocycles. The zero-order valence-electron chi connectivity index (χ0n) is 11.9. The molecule has 0 saturated heterocycles. The number of benzene rings is 1. The van der Waals surface area contributed by atoms with E-state index in [0.717, 1.165) is 21.5 Å². The summed E-state index contributed by atoms with van der Waals surface area (Å²) in [4.78, 5) is 11.8. The van der Waals surface area contributed by atoms with Gasteiger partial charge in [-0.1, -0.05) is 29.3 Å². The molecular formula is C14H22BrClN2OS. The van der Waals surface area contributed by atoms with Gasteiger partial charge in [-0.05, 0) is 36.8 Å². The van der Waals surface area contributed by atoms with Crippen LogP contribution in [-0.2, 0) is 4.79 Å². The number of halogens is 2. The smallest absolute Gasteiger partial charge is 0.225 e. The van der Waals surface area contributed by atoms with Crippen LogP contribution in [0.25, 0.3) is 0 Å². The largest absolute Gasteiger partial charge is 0.397 e. The number of nitrogens with one attached hydrogen (secondary N) is 1. The number of carbonyl (C=O) groups is 1. The minimum Gasteiger partial charge on any atom is -0.397 e. The summed E-state index contributed by atoms with van der Waals surface area (Å²) in [7, 11) is 0. The van der Waals surface area contributed by atoms with Gasteiger partial charge in [-0.25, -0.2) is 0 Å². The topological polar surface area (TPSA) is 55.1 Å². The lowest BCUT2D eigenvalue weighted by Crippen LogP contribution is -2.14. The highest BCUT2D eigenvalue weighted by molar-refractivity contribution is 9.10. The van der Waals surface area contributed by atoms with Crippen LogP contribution in [0.1, 0.15) is 31.7 Å². The molecular weight excluding hydrogens is 360 g/mol. The number of thioether (sulfide) groups is 1. The fraction of sp³-hybridized carbons (Fsp3) is 0.500. The molecule has 3 nitrogen and oxygen atoms in total. The first-order valence-electron chi connectivity index (χ1n) is 6.47. The Bertz CT molecular complexity index is 443. The predicted octanol–water partition coefficient (Wildman–Crippen LogP) is 4.62. The normalized spacial score (nSPS) is 9.95. The molecule has 20 heavy (non-hydrogen) atoms. The van der Waals surface area contributed by atoms with Crippen molar-refractivity contribution in [3.05, 3.63) is 22.2 Å². The van der Waals surface area contributed by atoms with E-state index in [1.165, 1.54) is 12.8 Å². The summed E-state index contributed by atoms with van der Waals surface area (Å²) < 4.78 is 0.923. The van der Waals surface area contributed by atoms with Crippen molar-refractivity contribution in [2.75, 3.05) is 22.6 Å². The standard InChI is InChI=1S/C14H21BrN2OS.ClH/c1-3-4-6-19-7-5-13(18)17-12-9-11(15)8-10(2)14(12)16;/h8-9H,3-7,16H2,1-2H3,(H,17,18);1H. The summed E-state index contributed by atoms with van der Waals surface area (Å²) in [6.07, 6.45) is 2.94. The van der Waals surface area contributed by atoms with Crippen molar-refractivity contribution in [2.45, 2.75) is 33.1 Å². The van der Waals surface area contributed by atoms with E-state index in [0.29, 0.717) is 17.8 Å². The summed E-state index contributed by atoms with van der Waals surface area (Å²) in [6, 6.07) is 3.77. The summed E-state index contributed by atoms with van der Waals surface area (Å²) in [6.45, 7) is 4.10. The second kappa shape index (κ2) is 10.4.